The van der Waals surface area contributed by atoms with Crippen LogP contribution in [0.3, 0.4) is 0 Å². The summed E-state index contributed by atoms with van der Waals surface area (Å²) >= 11 is 0. The molecule has 2 rings (SSSR count). The number of anilines is 1. The van der Waals surface area contributed by atoms with E-state index in [1.807, 2.05) is 18.9 Å². The van der Waals surface area contributed by atoms with Gasteiger partial charge in [-0.3, -0.25) is 4.79 Å². The minimum atomic E-state index is -3.80. The van der Waals surface area contributed by atoms with E-state index < -0.39 is 10.0 Å². The van der Waals surface area contributed by atoms with Crippen LogP contribution in [0, 0.1) is 5.92 Å². The lowest BCUT2D eigenvalue weighted by Crippen LogP contribution is -2.26. The largest absolute Gasteiger partial charge is 0.362 e. The minimum Gasteiger partial charge on any atom is -0.362 e. The Hall–Kier alpha value is -1.89. The summed E-state index contributed by atoms with van der Waals surface area (Å²) in [4.78, 5) is 14.2. The molecular formula is C20H31N3O3S. The number of hydrogen-bond acceptors (Lipinski definition) is 3. The first-order valence-electron chi connectivity index (χ1n) is 9.76. The molecule has 1 fully saturated rings. The van der Waals surface area contributed by atoms with E-state index in [1.165, 1.54) is 12.1 Å². The van der Waals surface area contributed by atoms with Gasteiger partial charge in [-0.25, -0.2) is 0 Å². The number of carbonyl (C=O) groups excluding carboxylic acids is 1. The molecule has 6 nitrogen and oxygen atoms in total. The van der Waals surface area contributed by atoms with E-state index in [2.05, 4.69) is 16.6 Å². The molecule has 1 heterocycles. The lowest BCUT2D eigenvalue weighted by Gasteiger charge is -2.17. The molecule has 7 heteroatoms. The molecule has 1 aromatic carbocycles. The first-order chi connectivity index (χ1) is 12.8. The van der Waals surface area contributed by atoms with Crippen molar-refractivity contribution < 1.29 is 13.2 Å². The standard InChI is InChI=1S/C20H31N3O3S/c1-4-9-16(2)14-20(24)21-17-10-8-11-18(15-17)27(25,26)22-19-12-6-5-7-13-23(19)3/h8,10-11,15-16H,4-7,9,12-14H2,1-3H3,(H,21,24)/b22-19-. The highest BCUT2D eigenvalue weighted by atomic mass is 32.2. The van der Waals surface area contributed by atoms with Crippen LogP contribution in [0.15, 0.2) is 33.6 Å². The Labute approximate surface area is 163 Å². The van der Waals surface area contributed by atoms with Gasteiger partial charge in [0.2, 0.25) is 5.91 Å². The Bertz CT molecular complexity index is 774. The SMILES string of the molecule is CCCC(C)CC(=O)Nc1cccc(S(=O)(=O)/N=C2/CCCCCN2C)c1. The number of nitrogens with one attached hydrogen (secondary N) is 1. The monoisotopic (exact) mass is 393 g/mol. The molecule has 0 aromatic heterocycles. The summed E-state index contributed by atoms with van der Waals surface area (Å²) in [5.41, 5.74) is 0.485. The Morgan fingerprint density at radius 3 is 2.81 bits per heavy atom. The first kappa shape index (κ1) is 21.4. The van der Waals surface area contributed by atoms with Crippen molar-refractivity contribution in [3.8, 4) is 0 Å². The molecule has 0 saturated carbocycles. The van der Waals surface area contributed by atoms with E-state index in [0.29, 0.717) is 30.3 Å². The predicted molar refractivity (Wildman–Crippen MR) is 109 cm³/mol. The fraction of sp³-hybridized carbons (Fsp3) is 0.600. The third-order valence-corrected chi connectivity index (χ3v) is 6.09. The third kappa shape index (κ3) is 6.65. The summed E-state index contributed by atoms with van der Waals surface area (Å²) in [6.45, 7) is 4.96. The Morgan fingerprint density at radius 1 is 1.30 bits per heavy atom. The van der Waals surface area contributed by atoms with Crippen molar-refractivity contribution in [1.29, 1.82) is 0 Å². The summed E-state index contributed by atoms with van der Waals surface area (Å²) in [5, 5.41) is 2.80. The fourth-order valence-electron chi connectivity index (χ4n) is 3.29. The predicted octanol–water partition coefficient (Wildman–Crippen LogP) is 4.04. The number of hydrogen-bond donors (Lipinski definition) is 1. The molecule has 1 aliphatic heterocycles. The van der Waals surface area contributed by atoms with Crippen LogP contribution in [0.2, 0.25) is 0 Å². The van der Waals surface area contributed by atoms with Gasteiger partial charge in [-0.05, 0) is 37.0 Å². The van der Waals surface area contributed by atoms with Crippen molar-refractivity contribution in [2.45, 2.75) is 63.7 Å². The van der Waals surface area contributed by atoms with Crippen LogP contribution < -0.4 is 5.32 Å². The van der Waals surface area contributed by atoms with Gasteiger partial charge in [0.05, 0.1) is 4.90 Å². The summed E-state index contributed by atoms with van der Waals surface area (Å²) in [6.07, 6.45) is 6.21. The topological polar surface area (TPSA) is 78.8 Å². The van der Waals surface area contributed by atoms with Gasteiger partial charge in [0.1, 0.15) is 5.84 Å². The quantitative estimate of drug-likeness (QED) is 0.758. The van der Waals surface area contributed by atoms with Crippen molar-refractivity contribution >= 4 is 27.5 Å². The fourth-order valence-corrected chi connectivity index (χ4v) is 4.43. The molecule has 0 radical (unpaired) electrons. The van der Waals surface area contributed by atoms with Crippen LogP contribution in [0.4, 0.5) is 5.69 Å². The van der Waals surface area contributed by atoms with Gasteiger partial charge in [-0.2, -0.15) is 8.42 Å². The van der Waals surface area contributed by atoms with Crippen LogP contribution in [-0.4, -0.2) is 38.7 Å². The van der Waals surface area contributed by atoms with Gasteiger partial charge in [0.15, 0.2) is 0 Å². The molecular weight excluding hydrogens is 362 g/mol. The molecule has 0 aliphatic carbocycles. The maximum absolute atomic E-state index is 12.7. The van der Waals surface area contributed by atoms with Crippen LogP contribution in [0.5, 0.6) is 0 Å². The van der Waals surface area contributed by atoms with E-state index >= 15 is 0 Å². The maximum atomic E-state index is 12.7. The van der Waals surface area contributed by atoms with Gasteiger partial charge in [-0.15, -0.1) is 4.40 Å². The Balaban J connectivity index is 2.14. The lowest BCUT2D eigenvalue weighted by atomic mass is 10.0. The smallest absolute Gasteiger partial charge is 0.284 e. The minimum absolute atomic E-state index is 0.0969. The van der Waals surface area contributed by atoms with Crippen molar-refractivity contribution in [2.24, 2.45) is 10.3 Å². The van der Waals surface area contributed by atoms with Gasteiger partial charge in [0, 0.05) is 32.1 Å². The van der Waals surface area contributed by atoms with E-state index in [9.17, 15) is 13.2 Å². The number of nitrogens with zero attached hydrogens (tertiary/aromatic N) is 2. The van der Waals surface area contributed by atoms with Gasteiger partial charge >= 0.3 is 0 Å². The zero-order chi connectivity index (χ0) is 19.9. The highest BCUT2D eigenvalue weighted by Gasteiger charge is 2.19. The molecule has 1 amide bonds. The second kappa shape index (κ2) is 9.88. The molecule has 150 valence electrons. The van der Waals surface area contributed by atoms with Crippen LogP contribution >= 0.6 is 0 Å². The Kier molecular flexibility index (Phi) is 7.83. The van der Waals surface area contributed by atoms with E-state index in [0.717, 1.165) is 38.6 Å². The third-order valence-electron chi connectivity index (χ3n) is 4.79. The second-order valence-electron chi connectivity index (χ2n) is 7.39. The zero-order valence-electron chi connectivity index (χ0n) is 16.6. The van der Waals surface area contributed by atoms with Crippen LogP contribution in [0.1, 0.15) is 58.8 Å². The van der Waals surface area contributed by atoms with Gasteiger partial charge in [-0.1, -0.05) is 39.2 Å². The van der Waals surface area contributed by atoms with Crippen molar-refractivity contribution in [3.63, 3.8) is 0 Å². The molecule has 0 spiro atoms. The van der Waals surface area contributed by atoms with Crippen LogP contribution in [0.25, 0.3) is 0 Å². The second-order valence-corrected chi connectivity index (χ2v) is 8.99. The molecule has 1 saturated heterocycles. The normalized spacial score (nSPS) is 18.2. The molecule has 1 unspecified atom stereocenters. The maximum Gasteiger partial charge on any atom is 0.284 e. The average Bonchev–Trinajstić information content (AvgIpc) is 2.79. The van der Waals surface area contributed by atoms with E-state index in [-0.39, 0.29) is 10.8 Å². The number of benzene rings is 1. The zero-order valence-corrected chi connectivity index (χ0v) is 17.4. The first-order valence-corrected chi connectivity index (χ1v) is 11.2. The molecule has 0 bridgehead atoms. The molecule has 1 atom stereocenters. The van der Waals surface area contributed by atoms with Crippen molar-refractivity contribution in [3.05, 3.63) is 24.3 Å². The number of rotatable bonds is 7. The van der Waals surface area contributed by atoms with Crippen molar-refractivity contribution in [2.75, 3.05) is 18.9 Å². The summed E-state index contributed by atoms with van der Waals surface area (Å²) in [5.74, 6) is 0.815. The lowest BCUT2D eigenvalue weighted by molar-refractivity contribution is -0.117. The highest BCUT2D eigenvalue weighted by Crippen LogP contribution is 2.21. The number of carbonyl (C=O) groups is 1. The molecule has 1 N–H and O–H groups in total. The van der Waals surface area contributed by atoms with E-state index in [4.69, 9.17) is 0 Å². The van der Waals surface area contributed by atoms with Gasteiger partial charge < -0.3 is 10.2 Å². The average molecular weight is 394 g/mol. The molecule has 1 aliphatic rings. The highest BCUT2D eigenvalue weighted by molar-refractivity contribution is 7.90. The summed E-state index contributed by atoms with van der Waals surface area (Å²) in [7, 11) is -1.92. The molecule has 1 aromatic rings. The van der Waals surface area contributed by atoms with Crippen LogP contribution in [-0.2, 0) is 14.8 Å². The summed E-state index contributed by atoms with van der Waals surface area (Å²) in [6, 6.07) is 6.34. The number of amides is 1. The van der Waals surface area contributed by atoms with Crippen molar-refractivity contribution in [1.82, 2.24) is 4.90 Å². The molecule has 27 heavy (non-hydrogen) atoms. The summed E-state index contributed by atoms with van der Waals surface area (Å²) < 4.78 is 29.5. The Morgan fingerprint density at radius 2 is 2.07 bits per heavy atom. The van der Waals surface area contributed by atoms with E-state index in [1.54, 1.807) is 12.1 Å². The number of sulfonamides is 1. The number of likely N-dealkylation sites (tertiary alicyclic amines) is 1. The number of amidine groups is 1. The van der Waals surface area contributed by atoms with Gasteiger partial charge in [0.25, 0.3) is 10.0 Å².